The Morgan fingerprint density at radius 3 is 2.67 bits per heavy atom. The van der Waals surface area contributed by atoms with E-state index in [9.17, 15) is 4.79 Å². The number of hydrogen-bond donors (Lipinski definition) is 0. The predicted octanol–water partition coefficient (Wildman–Crippen LogP) is 3.27. The SMILES string of the molecule is COc1cccc2c1OCC(=O)N(c1ccc(Cl)cc1)C2. The Bertz CT molecular complexity index is 670. The van der Waals surface area contributed by atoms with Crippen LogP contribution in [0.1, 0.15) is 5.56 Å². The minimum Gasteiger partial charge on any atom is -0.493 e. The maximum absolute atomic E-state index is 12.3. The van der Waals surface area contributed by atoms with E-state index in [1.165, 1.54) is 0 Å². The second-order valence-corrected chi connectivity index (χ2v) is 5.13. The van der Waals surface area contributed by atoms with Crippen LogP contribution in [0.2, 0.25) is 5.02 Å². The molecule has 0 aromatic heterocycles. The Hall–Kier alpha value is -2.20. The molecule has 3 rings (SSSR count). The van der Waals surface area contributed by atoms with Crippen molar-refractivity contribution >= 4 is 23.2 Å². The molecule has 2 aromatic rings. The number of amides is 1. The monoisotopic (exact) mass is 303 g/mol. The fraction of sp³-hybridized carbons (Fsp3) is 0.188. The molecule has 0 saturated heterocycles. The van der Waals surface area contributed by atoms with Crippen molar-refractivity contribution < 1.29 is 14.3 Å². The second kappa shape index (κ2) is 5.66. The minimum absolute atomic E-state index is 0.0179. The van der Waals surface area contributed by atoms with Gasteiger partial charge in [0.05, 0.1) is 13.7 Å². The lowest BCUT2D eigenvalue weighted by molar-refractivity contribution is -0.120. The van der Waals surface area contributed by atoms with Gasteiger partial charge in [-0.2, -0.15) is 0 Å². The summed E-state index contributed by atoms with van der Waals surface area (Å²) in [5.41, 5.74) is 1.71. The number of benzene rings is 2. The van der Waals surface area contributed by atoms with Crippen molar-refractivity contribution in [3.05, 3.63) is 53.1 Å². The van der Waals surface area contributed by atoms with E-state index in [1.807, 2.05) is 30.3 Å². The highest BCUT2D eigenvalue weighted by Crippen LogP contribution is 2.34. The maximum atomic E-state index is 12.3. The minimum atomic E-state index is -0.101. The standard InChI is InChI=1S/C16H14ClNO3/c1-20-14-4-2-3-11-9-18(15(19)10-21-16(11)14)13-7-5-12(17)6-8-13/h2-8H,9-10H2,1H3. The summed E-state index contributed by atoms with van der Waals surface area (Å²) in [6.07, 6.45) is 0. The molecule has 0 fully saturated rings. The van der Waals surface area contributed by atoms with Gasteiger partial charge in [-0.25, -0.2) is 0 Å². The molecule has 0 N–H and O–H groups in total. The van der Waals surface area contributed by atoms with Gasteiger partial charge in [0.1, 0.15) is 0 Å². The van der Waals surface area contributed by atoms with Crippen LogP contribution < -0.4 is 14.4 Å². The number of ether oxygens (including phenoxy) is 2. The quantitative estimate of drug-likeness (QED) is 0.854. The summed E-state index contributed by atoms with van der Waals surface area (Å²) >= 11 is 5.90. The largest absolute Gasteiger partial charge is 0.493 e. The van der Waals surface area contributed by atoms with Crippen LogP contribution in [0.5, 0.6) is 11.5 Å². The summed E-state index contributed by atoms with van der Waals surface area (Å²) in [6, 6.07) is 12.8. The zero-order chi connectivity index (χ0) is 14.8. The van der Waals surface area contributed by atoms with Crippen LogP contribution in [-0.4, -0.2) is 19.6 Å². The Labute approximate surface area is 127 Å². The van der Waals surface area contributed by atoms with Gasteiger partial charge in [-0.15, -0.1) is 0 Å². The van der Waals surface area contributed by atoms with E-state index >= 15 is 0 Å². The summed E-state index contributed by atoms with van der Waals surface area (Å²) in [7, 11) is 1.59. The van der Waals surface area contributed by atoms with Crippen LogP contribution in [0, 0.1) is 0 Å². The van der Waals surface area contributed by atoms with Crippen LogP contribution in [0.3, 0.4) is 0 Å². The number of carbonyl (C=O) groups excluding carboxylic acids is 1. The molecule has 2 aromatic carbocycles. The molecule has 108 valence electrons. The van der Waals surface area contributed by atoms with Gasteiger partial charge in [0, 0.05) is 16.3 Å². The number of halogens is 1. The zero-order valence-corrected chi connectivity index (χ0v) is 12.3. The van der Waals surface area contributed by atoms with Crippen molar-refractivity contribution in [2.24, 2.45) is 0 Å². The number of methoxy groups -OCH3 is 1. The van der Waals surface area contributed by atoms with Crippen molar-refractivity contribution in [1.29, 1.82) is 0 Å². The van der Waals surface area contributed by atoms with Gasteiger partial charge in [-0.05, 0) is 30.3 Å². The van der Waals surface area contributed by atoms with Crippen molar-refractivity contribution in [2.75, 3.05) is 18.6 Å². The van der Waals surface area contributed by atoms with E-state index in [1.54, 1.807) is 24.1 Å². The Kier molecular flexibility index (Phi) is 3.71. The van der Waals surface area contributed by atoms with Gasteiger partial charge in [-0.1, -0.05) is 23.7 Å². The topological polar surface area (TPSA) is 38.8 Å². The highest BCUT2D eigenvalue weighted by molar-refractivity contribution is 6.30. The maximum Gasteiger partial charge on any atom is 0.265 e. The summed E-state index contributed by atoms with van der Waals surface area (Å²) in [6.45, 7) is 0.420. The Balaban J connectivity index is 1.99. The first-order valence-corrected chi connectivity index (χ1v) is 6.91. The molecule has 0 aliphatic carbocycles. The second-order valence-electron chi connectivity index (χ2n) is 4.69. The van der Waals surface area contributed by atoms with Gasteiger partial charge in [0.25, 0.3) is 5.91 Å². The summed E-state index contributed by atoms with van der Waals surface area (Å²) in [5.74, 6) is 1.17. The van der Waals surface area contributed by atoms with Crippen LogP contribution in [-0.2, 0) is 11.3 Å². The molecule has 5 heteroatoms. The van der Waals surface area contributed by atoms with Gasteiger partial charge in [-0.3, -0.25) is 4.79 Å². The first kappa shape index (κ1) is 13.8. The van der Waals surface area contributed by atoms with Crippen molar-refractivity contribution in [1.82, 2.24) is 0 Å². The number of carbonyl (C=O) groups is 1. The number of anilines is 1. The number of fused-ring (bicyclic) bond motifs is 1. The van der Waals surface area contributed by atoms with Gasteiger partial charge < -0.3 is 14.4 Å². The molecule has 1 heterocycles. The normalized spacial score (nSPS) is 14.2. The molecular weight excluding hydrogens is 290 g/mol. The van der Waals surface area contributed by atoms with E-state index in [0.717, 1.165) is 11.3 Å². The van der Waals surface area contributed by atoms with E-state index in [-0.39, 0.29) is 12.5 Å². The molecule has 0 bridgehead atoms. The number of hydrogen-bond acceptors (Lipinski definition) is 3. The van der Waals surface area contributed by atoms with Gasteiger partial charge in [0.15, 0.2) is 18.1 Å². The average molecular weight is 304 g/mol. The molecule has 0 unspecified atom stereocenters. The third-order valence-corrected chi connectivity index (χ3v) is 3.64. The summed E-state index contributed by atoms with van der Waals surface area (Å²) < 4.78 is 10.9. The first-order valence-electron chi connectivity index (χ1n) is 6.53. The van der Waals surface area contributed by atoms with Crippen LogP contribution in [0.15, 0.2) is 42.5 Å². The molecule has 0 spiro atoms. The molecular formula is C16H14ClNO3. The molecule has 0 saturated carbocycles. The average Bonchev–Trinajstić information content (AvgIpc) is 2.67. The molecule has 1 aliphatic heterocycles. The lowest BCUT2D eigenvalue weighted by Gasteiger charge is -2.20. The van der Waals surface area contributed by atoms with Crippen molar-refractivity contribution in [3.8, 4) is 11.5 Å². The van der Waals surface area contributed by atoms with E-state index in [4.69, 9.17) is 21.1 Å². The zero-order valence-electron chi connectivity index (χ0n) is 11.5. The third-order valence-electron chi connectivity index (χ3n) is 3.39. The Morgan fingerprint density at radius 1 is 1.19 bits per heavy atom. The number of rotatable bonds is 2. The third kappa shape index (κ3) is 2.67. The molecule has 1 aliphatic rings. The van der Waals surface area contributed by atoms with Crippen LogP contribution in [0.25, 0.3) is 0 Å². The Morgan fingerprint density at radius 2 is 1.95 bits per heavy atom. The molecule has 1 amide bonds. The fourth-order valence-electron chi connectivity index (χ4n) is 2.34. The summed E-state index contributed by atoms with van der Waals surface area (Å²) in [4.78, 5) is 14.0. The van der Waals surface area contributed by atoms with Crippen LogP contribution >= 0.6 is 11.6 Å². The number of para-hydroxylation sites is 1. The van der Waals surface area contributed by atoms with E-state index in [2.05, 4.69) is 0 Å². The van der Waals surface area contributed by atoms with Crippen molar-refractivity contribution in [3.63, 3.8) is 0 Å². The van der Waals surface area contributed by atoms with Crippen LogP contribution in [0.4, 0.5) is 5.69 Å². The molecule has 0 atom stereocenters. The molecule has 21 heavy (non-hydrogen) atoms. The molecule has 0 radical (unpaired) electrons. The van der Waals surface area contributed by atoms with E-state index in [0.29, 0.717) is 23.1 Å². The fourth-order valence-corrected chi connectivity index (χ4v) is 2.46. The van der Waals surface area contributed by atoms with Gasteiger partial charge >= 0.3 is 0 Å². The van der Waals surface area contributed by atoms with Gasteiger partial charge in [0.2, 0.25) is 0 Å². The first-order chi connectivity index (χ1) is 10.2. The lowest BCUT2D eigenvalue weighted by Crippen LogP contribution is -2.32. The highest BCUT2D eigenvalue weighted by atomic mass is 35.5. The highest BCUT2D eigenvalue weighted by Gasteiger charge is 2.24. The lowest BCUT2D eigenvalue weighted by atomic mass is 10.1. The number of nitrogens with zero attached hydrogens (tertiary/aromatic N) is 1. The molecule has 4 nitrogen and oxygen atoms in total. The van der Waals surface area contributed by atoms with E-state index < -0.39 is 0 Å². The van der Waals surface area contributed by atoms with Crippen molar-refractivity contribution in [2.45, 2.75) is 6.54 Å². The smallest absolute Gasteiger partial charge is 0.265 e. The summed E-state index contributed by atoms with van der Waals surface area (Å²) in [5, 5.41) is 0.638. The predicted molar refractivity (Wildman–Crippen MR) is 81.1 cm³/mol.